The zero-order valence-corrected chi connectivity index (χ0v) is 12.1. The van der Waals surface area contributed by atoms with E-state index in [4.69, 9.17) is 4.74 Å². The predicted octanol–water partition coefficient (Wildman–Crippen LogP) is 3.26. The standard InChI is InChI=1S/C12H25NO2Si/c1-15-12(14)13(10-16(2,3)4)11-8-6-5-7-9-11/h11H,5-10H2,1-4H3. The van der Waals surface area contributed by atoms with Gasteiger partial charge >= 0.3 is 6.09 Å². The molecule has 0 unspecified atom stereocenters. The van der Waals surface area contributed by atoms with Crippen molar-refractivity contribution in [2.45, 2.75) is 57.8 Å². The quantitative estimate of drug-likeness (QED) is 0.712. The van der Waals surface area contributed by atoms with E-state index >= 15 is 0 Å². The second-order valence-electron chi connectivity index (χ2n) is 5.95. The van der Waals surface area contributed by atoms with Crippen LogP contribution >= 0.6 is 0 Å². The molecule has 0 aromatic carbocycles. The Hall–Kier alpha value is -0.513. The van der Waals surface area contributed by atoms with Crippen LogP contribution in [0.3, 0.4) is 0 Å². The van der Waals surface area contributed by atoms with E-state index in [9.17, 15) is 4.79 Å². The lowest BCUT2D eigenvalue weighted by atomic mass is 9.95. The SMILES string of the molecule is COC(=O)N(C[Si](C)(C)C)C1CCCCC1. The highest BCUT2D eigenvalue weighted by Gasteiger charge is 2.30. The molecule has 0 atom stereocenters. The Kier molecular flexibility index (Phi) is 4.83. The van der Waals surface area contributed by atoms with Gasteiger partial charge in [-0.05, 0) is 12.8 Å². The van der Waals surface area contributed by atoms with Gasteiger partial charge in [-0.15, -0.1) is 0 Å². The van der Waals surface area contributed by atoms with Gasteiger partial charge in [-0.3, -0.25) is 0 Å². The lowest BCUT2D eigenvalue weighted by Crippen LogP contribution is -2.49. The summed E-state index contributed by atoms with van der Waals surface area (Å²) in [6.07, 6.45) is 6.92. The first kappa shape index (κ1) is 13.6. The van der Waals surface area contributed by atoms with Crippen LogP contribution in [0.2, 0.25) is 19.6 Å². The molecule has 0 aromatic heterocycles. The van der Waals surface area contributed by atoms with E-state index in [1.165, 1.54) is 26.4 Å². The Morgan fingerprint density at radius 1 is 1.25 bits per heavy atom. The molecule has 1 aliphatic rings. The van der Waals surface area contributed by atoms with Crippen molar-refractivity contribution in [3.63, 3.8) is 0 Å². The van der Waals surface area contributed by atoms with Crippen molar-refractivity contribution in [3.05, 3.63) is 0 Å². The Labute approximate surface area is 100 Å². The first-order valence-corrected chi connectivity index (χ1v) is 9.99. The molecule has 0 heterocycles. The number of carbonyl (C=O) groups excluding carboxylic acids is 1. The smallest absolute Gasteiger partial charge is 0.409 e. The van der Waals surface area contributed by atoms with Crippen LogP contribution in [0.15, 0.2) is 0 Å². The third kappa shape index (κ3) is 4.16. The molecule has 0 aliphatic heterocycles. The van der Waals surface area contributed by atoms with Gasteiger partial charge in [-0.1, -0.05) is 38.9 Å². The molecule has 0 bridgehead atoms. The summed E-state index contributed by atoms with van der Waals surface area (Å²) in [4.78, 5) is 13.8. The summed E-state index contributed by atoms with van der Waals surface area (Å²) < 4.78 is 4.92. The van der Waals surface area contributed by atoms with Crippen LogP contribution in [0, 0.1) is 0 Å². The second kappa shape index (κ2) is 5.71. The summed E-state index contributed by atoms with van der Waals surface area (Å²) >= 11 is 0. The van der Waals surface area contributed by atoms with Crippen LogP contribution in [-0.4, -0.2) is 38.4 Å². The van der Waals surface area contributed by atoms with Crippen molar-refractivity contribution in [1.82, 2.24) is 4.90 Å². The number of amides is 1. The maximum absolute atomic E-state index is 11.8. The van der Waals surface area contributed by atoms with Crippen molar-refractivity contribution >= 4 is 14.2 Å². The zero-order chi connectivity index (χ0) is 12.2. The van der Waals surface area contributed by atoms with Gasteiger partial charge in [-0.25, -0.2) is 4.79 Å². The van der Waals surface area contributed by atoms with Crippen LogP contribution in [-0.2, 0) is 4.74 Å². The molecule has 0 spiro atoms. The molecule has 0 N–H and O–H groups in total. The van der Waals surface area contributed by atoms with E-state index in [-0.39, 0.29) is 6.09 Å². The normalized spacial score (nSPS) is 18.2. The third-order valence-electron chi connectivity index (χ3n) is 3.07. The molecule has 4 heteroatoms. The molecule has 1 amide bonds. The summed E-state index contributed by atoms with van der Waals surface area (Å²) in [7, 11) is 0.230. The van der Waals surface area contributed by atoms with Crippen LogP contribution in [0.25, 0.3) is 0 Å². The van der Waals surface area contributed by atoms with Crippen LogP contribution in [0.1, 0.15) is 32.1 Å². The molecule has 94 valence electrons. The van der Waals surface area contributed by atoms with E-state index in [1.54, 1.807) is 0 Å². The number of nitrogens with zero attached hydrogens (tertiary/aromatic N) is 1. The highest BCUT2D eigenvalue weighted by Crippen LogP contribution is 2.24. The third-order valence-corrected chi connectivity index (χ3v) is 4.36. The lowest BCUT2D eigenvalue weighted by molar-refractivity contribution is 0.102. The Morgan fingerprint density at radius 3 is 2.25 bits per heavy atom. The van der Waals surface area contributed by atoms with Gasteiger partial charge in [0.15, 0.2) is 0 Å². The summed E-state index contributed by atoms with van der Waals surface area (Å²) in [6.45, 7) is 6.89. The van der Waals surface area contributed by atoms with Gasteiger partial charge in [0, 0.05) is 12.2 Å². The van der Waals surface area contributed by atoms with Crippen molar-refractivity contribution in [2.75, 3.05) is 13.3 Å². The monoisotopic (exact) mass is 243 g/mol. The maximum Gasteiger partial charge on any atom is 0.409 e. The predicted molar refractivity (Wildman–Crippen MR) is 69.3 cm³/mol. The molecule has 1 saturated carbocycles. The second-order valence-corrected chi connectivity index (χ2v) is 11.4. The van der Waals surface area contributed by atoms with Gasteiger partial charge in [0.25, 0.3) is 0 Å². The minimum absolute atomic E-state index is 0.130. The number of methoxy groups -OCH3 is 1. The van der Waals surface area contributed by atoms with Crippen molar-refractivity contribution < 1.29 is 9.53 Å². The number of hydrogen-bond acceptors (Lipinski definition) is 2. The molecule has 1 fully saturated rings. The van der Waals surface area contributed by atoms with E-state index in [0.717, 1.165) is 19.0 Å². The fourth-order valence-electron chi connectivity index (χ4n) is 2.36. The van der Waals surface area contributed by atoms with E-state index in [2.05, 4.69) is 19.6 Å². The number of hydrogen-bond donors (Lipinski definition) is 0. The highest BCUT2D eigenvalue weighted by atomic mass is 28.3. The molecule has 0 saturated heterocycles. The van der Waals surface area contributed by atoms with Crippen molar-refractivity contribution in [1.29, 1.82) is 0 Å². The van der Waals surface area contributed by atoms with E-state index in [0.29, 0.717) is 6.04 Å². The lowest BCUT2D eigenvalue weighted by Gasteiger charge is -2.36. The molecular formula is C12H25NO2Si. The number of rotatable bonds is 3. The van der Waals surface area contributed by atoms with Gasteiger partial charge in [0.2, 0.25) is 0 Å². The summed E-state index contributed by atoms with van der Waals surface area (Å²) in [5, 5.41) is 0. The topological polar surface area (TPSA) is 29.5 Å². The fraction of sp³-hybridized carbons (Fsp3) is 0.917. The average Bonchev–Trinajstić information content (AvgIpc) is 2.25. The maximum atomic E-state index is 11.8. The van der Waals surface area contributed by atoms with Crippen LogP contribution in [0.4, 0.5) is 4.79 Å². The Bertz CT molecular complexity index is 232. The first-order chi connectivity index (χ1) is 7.44. The highest BCUT2D eigenvalue weighted by molar-refractivity contribution is 6.76. The minimum Gasteiger partial charge on any atom is -0.453 e. The molecule has 16 heavy (non-hydrogen) atoms. The molecular weight excluding hydrogens is 218 g/mol. The van der Waals surface area contributed by atoms with Gasteiger partial charge in [-0.2, -0.15) is 0 Å². The van der Waals surface area contributed by atoms with Gasteiger partial charge < -0.3 is 9.64 Å². The van der Waals surface area contributed by atoms with Crippen molar-refractivity contribution in [2.24, 2.45) is 0 Å². The molecule has 0 radical (unpaired) electrons. The summed E-state index contributed by atoms with van der Waals surface area (Å²) in [5.74, 6) is 0. The zero-order valence-electron chi connectivity index (χ0n) is 11.1. The van der Waals surface area contributed by atoms with Crippen LogP contribution < -0.4 is 0 Å². The molecule has 1 aliphatic carbocycles. The average molecular weight is 243 g/mol. The van der Waals surface area contributed by atoms with Gasteiger partial charge in [0.05, 0.1) is 15.2 Å². The van der Waals surface area contributed by atoms with Crippen LogP contribution in [0.5, 0.6) is 0 Å². The van der Waals surface area contributed by atoms with E-state index in [1.807, 2.05) is 4.90 Å². The minimum atomic E-state index is -1.26. The largest absolute Gasteiger partial charge is 0.453 e. The first-order valence-electron chi connectivity index (χ1n) is 6.28. The Morgan fingerprint density at radius 2 is 1.81 bits per heavy atom. The summed E-state index contributed by atoms with van der Waals surface area (Å²) in [6, 6.07) is 0.424. The molecule has 0 aromatic rings. The number of carbonyl (C=O) groups is 1. The molecule has 1 rings (SSSR count). The molecule has 3 nitrogen and oxygen atoms in total. The number of ether oxygens (including phenoxy) is 1. The summed E-state index contributed by atoms with van der Waals surface area (Å²) in [5.41, 5.74) is 0. The van der Waals surface area contributed by atoms with Gasteiger partial charge in [0.1, 0.15) is 0 Å². The fourth-order valence-corrected chi connectivity index (χ4v) is 3.77. The Balaban J connectivity index is 2.65. The van der Waals surface area contributed by atoms with Crippen molar-refractivity contribution in [3.8, 4) is 0 Å². The van der Waals surface area contributed by atoms with E-state index < -0.39 is 8.07 Å².